The van der Waals surface area contributed by atoms with Crippen LogP contribution in [0.4, 0.5) is 0 Å². The molecule has 0 spiro atoms. The molecule has 1 aliphatic rings. The topological polar surface area (TPSA) is 23.8 Å². The van der Waals surface area contributed by atoms with Crippen molar-refractivity contribution in [2.75, 3.05) is 0 Å². The molecule has 0 radical (unpaired) electrons. The fourth-order valence-corrected chi connectivity index (χ4v) is 5.07. The van der Waals surface area contributed by atoms with Gasteiger partial charge >= 0.3 is 147 Å². The Balaban J connectivity index is 2.09. The van der Waals surface area contributed by atoms with Crippen molar-refractivity contribution in [3.8, 4) is 6.07 Å². The van der Waals surface area contributed by atoms with Crippen LogP contribution in [0, 0.1) is 11.3 Å². The first-order valence-electron chi connectivity index (χ1n) is 6.92. The first kappa shape index (κ1) is 15.7. The van der Waals surface area contributed by atoms with Crippen LogP contribution in [0.5, 0.6) is 0 Å². The minimum absolute atomic E-state index is 0.147. The van der Waals surface area contributed by atoms with E-state index < -0.39 is 0 Å². The van der Waals surface area contributed by atoms with Gasteiger partial charge in [-0.05, 0) is 0 Å². The first-order valence-corrected chi connectivity index (χ1v) is 9.88. The summed E-state index contributed by atoms with van der Waals surface area (Å²) in [5, 5.41) is 11.7. The second kappa shape index (κ2) is 6.90. The zero-order chi connectivity index (χ0) is 15.5. The number of nitrogens with zero attached hydrogens (tertiary/aromatic N) is 1. The van der Waals surface area contributed by atoms with Gasteiger partial charge in [-0.15, -0.1) is 0 Å². The minimum atomic E-state index is 0.147. The molecular formula is C18H13Cl2NSe. The molecule has 1 aliphatic heterocycles. The SMILES string of the molecule is N#CC1CC(c2ccc(Cl)cc2)=C(c2ccc(Cl)cc2)C[Se]1. The predicted octanol–water partition coefficient (Wildman–Crippen LogP) is 5.74. The van der Waals surface area contributed by atoms with Crippen molar-refractivity contribution < 1.29 is 0 Å². The van der Waals surface area contributed by atoms with Crippen LogP contribution in [-0.4, -0.2) is 15.0 Å². The van der Waals surface area contributed by atoms with Crippen molar-refractivity contribution in [3.63, 3.8) is 0 Å². The van der Waals surface area contributed by atoms with Gasteiger partial charge in [0.15, 0.2) is 0 Å². The Hall–Kier alpha value is -1.23. The Bertz CT molecular complexity index is 742. The summed E-state index contributed by atoms with van der Waals surface area (Å²) in [6.45, 7) is 0. The molecule has 3 rings (SSSR count). The molecule has 2 aromatic rings. The van der Waals surface area contributed by atoms with Gasteiger partial charge in [0.05, 0.1) is 0 Å². The fraction of sp³-hybridized carbons (Fsp3) is 0.167. The average Bonchev–Trinajstić information content (AvgIpc) is 2.56. The van der Waals surface area contributed by atoms with Gasteiger partial charge in [0, 0.05) is 0 Å². The summed E-state index contributed by atoms with van der Waals surface area (Å²) >= 11 is 12.3. The Labute approximate surface area is 146 Å². The van der Waals surface area contributed by atoms with Crippen LogP contribution in [-0.2, 0) is 0 Å². The number of rotatable bonds is 2. The van der Waals surface area contributed by atoms with Crippen LogP contribution in [0.2, 0.25) is 20.2 Å². The maximum atomic E-state index is 9.30. The van der Waals surface area contributed by atoms with E-state index in [-0.39, 0.29) is 4.82 Å². The molecule has 4 heteroatoms. The zero-order valence-electron chi connectivity index (χ0n) is 11.7. The van der Waals surface area contributed by atoms with E-state index in [2.05, 4.69) is 18.2 Å². The van der Waals surface area contributed by atoms with E-state index in [1.54, 1.807) is 0 Å². The quantitative estimate of drug-likeness (QED) is 0.597. The molecule has 1 nitrogen and oxygen atoms in total. The molecule has 0 fully saturated rings. The normalized spacial score (nSPS) is 18.1. The molecule has 2 aromatic carbocycles. The molecular weight excluding hydrogens is 380 g/mol. The molecule has 1 heterocycles. The predicted molar refractivity (Wildman–Crippen MR) is 94.3 cm³/mol. The second-order valence-electron chi connectivity index (χ2n) is 5.10. The van der Waals surface area contributed by atoms with Gasteiger partial charge in [-0.3, -0.25) is 0 Å². The Morgan fingerprint density at radius 2 is 1.36 bits per heavy atom. The van der Waals surface area contributed by atoms with E-state index >= 15 is 0 Å². The standard InChI is InChI=1S/C18H13Cl2NSe/c19-14-5-1-12(2-6-14)17-9-16(10-21)22-11-18(17)13-3-7-15(20)8-4-13/h1-8,16H,9,11H2. The van der Waals surface area contributed by atoms with Crippen molar-refractivity contribution in [1.29, 1.82) is 5.26 Å². The molecule has 0 bridgehead atoms. The van der Waals surface area contributed by atoms with Crippen molar-refractivity contribution in [2.45, 2.75) is 16.6 Å². The van der Waals surface area contributed by atoms with E-state index in [1.807, 2.05) is 36.4 Å². The Kier molecular flexibility index (Phi) is 4.91. The molecule has 0 amide bonds. The number of allylic oxidation sites excluding steroid dienone is 2. The van der Waals surface area contributed by atoms with Crippen LogP contribution < -0.4 is 0 Å². The fourth-order valence-electron chi connectivity index (χ4n) is 2.57. The van der Waals surface area contributed by atoms with E-state index in [4.69, 9.17) is 23.2 Å². The van der Waals surface area contributed by atoms with E-state index in [9.17, 15) is 5.26 Å². The van der Waals surface area contributed by atoms with E-state index in [0.29, 0.717) is 15.0 Å². The first-order chi connectivity index (χ1) is 10.7. The van der Waals surface area contributed by atoms with Gasteiger partial charge in [-0.25, -0.2) is 0 Å². The molecule has 1 unspecified atom stereocenters. The number of nitriles is 1. The Morgan fingerprint density at radius 1 is 0.864 bits per heavy atom. The van der Waals surface area contributed by atoms with Gasteiger partial charge in [0.2, 0.25) is 0 Å². The molecule has 0 aliphatic carbocycles. The third-order valence-electron chi connectivity index (χ3n) is 3.71. The summed E-state index contributed by atoms with van der Waals surface area (Å²) in [5.74, 6) is 0. The van der Waals surface area contributed by atoms with E-state index in [0.717, 1.165) is 27.3 Å². The van der Waals surface area contributed by atoms with Crippen molar-refractivity contribution in [1.82, 2.24) is 0 Å². The molecule has 110 valence electrons. The second-order valence-corrected chi connectivity index (χ2v) is 8.48. The summed E-state index contributed by atoms with van der Waals surface area (Å²) in [7, 11) is 0. The van der Waals surface area contributed by atoms with Gasteiger partial charge in [-0.1, -0.05) is 0 Å². The molecule has 22 heavy (non-hydrogen) atoms. The van der Waals surface area contributed by atoms with Crippen molar-refractivity contribution in [2.24, 2.45) is 0 Å². The summed E-state index contributed by atoms with van der Waals surface area (Å²) in [5.41, 5.74) is 4.96. The Morgan fingerprint density at radius 3 is 1.86 bits per heavy atom. The van der Waals surface area contributed by atoms with Crippen LogP contribution >= 0.6 is 23.2 Å². The number of halogens is 2. The molecule has 0 N–H and O–H groups in total. The molecule has 0 aromatic heterocycles. The van der Waals surface area contributed by atoms with Crippen LogP contribution in [0.15, 0.2) is 48.5 Å². The third kappa shape index (κ3) is 3.40. The summed E-state index contributed by atoms with van der Waals surface area (Å²) in [6, 6.07) is 18.3. The average molecular weight is 393 g/mol. The summed E-state index contributed by atoms with van der Waals surface area (Å²) in [4.78, 5) is 0.147. The van der Waals surface area contributed by atoms with Crippen LogP contribution in [0.25, 0.3) is 11.1 Å². The van der Waals surface area contributed by atoms with Crippen LogP contribution in [0.1, 0.15) is 17.5 Å². The van der Waals surface area contributed by atoms with E-state index in [1.165, 1.54) is 16.7 Å². The monoisotopic (exact) mass is 393 g/mol. The zero-order valence-corrected chi connectivity index (χ0v) is 14.9. The summed E-state index contributed by atoms with van der Waals surface area (Å²) < 4.78 is 0. The van der Waals surface area contributed by atoms with Gasteiger partial charge in [0.1, 0.15) is 0 Å². The number of hydrogen-bond acceptors (Lipinski definition) is 1. The van der Waals surface area contributed by atoms with Gasteiger partial charge in [0.25, 0.3) is 0 Å². The van der Waals surface area contributed by atoms with Crippen molar-refractivity contribution in [3.05, 3.63) is 69.7 Å². The maximum absolute atomic E-state index is 9.30. The number of benzene rings is 2. The third-order valence-corrected chi connectivity index (χ3v) is 6.59. The molecule has 1 atom stereocenters. The summed E-state index contributed by atoms with van der Waals surface area (Å²) in [6.07, 6.45) is 0.816. The molecule has 0 saturated carbocycles. The number of hydrogen-bond donors (Lipinski definition) is 0. The molecule has 0 saturated heterocycles. The van der Waals surface area contributed by atoms with Crippen molar-refractivity contribution >= 4 is 49.3 Å². The van der Waals surface area contributed by atoms with Gasteiger partial charge in [-0.2, -0.15) is 0 Å². The van der Waals surface area contributed by atoms with Crippen LogP contribution in [0.3, 0.4) is 0 Å². The van der Waals surface area contributed by atoms with Gasteiger partial charge < -0.3 is 0 Å².